The summed E-state index contributed by atoms with van der Waals surface area (Å²) in [7, 11) is 0. The summed E-state index contributed by atoms with van der Waals surface area (Å²) in [5.74, 6) is 2.36. The van der Waals surface area contributed by atoms with Gasteiger partial charge in [-0.1, -0.05) is 11.2 Å². The summed E-state index contributed by atoms with van der Waals surface area (Å²) in [6.45, 7) is 7.40. The molecule has 1 N–H and O–H groups in total. The molecule has 6 nitrogen and oxygen atoms in total. The minimum Gasteiger partial charge on any atom is -0.380 e. The number of anilines is 1. The molecule has 0 saturated carbocycles. The second kappa shape index (κ2) is 5.94. The van der Waals surface area contributed by atoms with Crippen LogP contribution in [0.5, 0.6) is 0 Å². The van der Waals surface area contributed by atoms with Crippen molar-refractivity contribution in [1.29, 1.82) is 0 Å². The zero-order valence-electron chi connectivity index (χ0n) is 13.4. The number of ether oxygens (including phenoxy) is 1. The highest BCUT2D eigenvalue weighted by Crippen LogP contribution is 2.41. The SMILES string of the molecule is Cc1cc(CN2C[C@@H]3COC[C@]3(CNc3ccccn3)C2)no1. The number of hydrogen-bond donors (Lipinski definition) is 1. The normalized spacial score (nSPS) is 27.3. The number of hydrogen-bond acceptors (Lipinski definition) is 6. The molecule has 0 unspecified atom stereocenters. The van der Waals surface area contributed by atoms with Gasteiger partial charge in [-0.15, -0.1) is 0 Å². The maximum absolute atomic E-state index is 5.78. The van der Waals surface area contributed by atoms with Crippen molar-refractivity contribution >= 4 is 5.82 Å². The average molecular weight is 314 g/mol. The molecule has 4 heterocycles. The third-order valence-corrected chi connectivity index (χ3v) is 4.94. The Bertz CT molecular complexity index is 660. The molecule has 122 valence electrons. The van der Waals surface area contributed by atoms with E-state index in [2.05, 4.69) is 20.4 Å². The zero-order chi connectivity index (χ0) is 15.7. The van der Waals surface area contributed by atoms with E-state index >= 15 is 0 Å². The Balaban J connectivity index is 1.42. The van der Waals surface area contributed by atoms with E-state index in [1.807, 2.05) is 37.4 Å². The summed E-state index contributed by atoms with van der Waals surface area (Å²) in [5.41, 5.74) is 1.17. The Hall–Kier alpha value is -1.92. The minimum atomic E-state index is 0.163. The first kappa shape index (κ1) is 14.7. The second-order valence-corrected chi connectivity index (χ2v) is 6.74. The molecule has 4 rings (SSSR count). The minimum absolute atomic E-state index is 0.163. The molecular formula is C17H22N4O2. The maximum atomic E-state index is 5.78. The highest BCUT2D eigenvalue weighted by atomic mass is 16.5. The molecule has 0 aliphatic carbocycles. The summed E-state index contributed by atoms with van der Waals surface area (Å²) in [5, 5.41) is 7.60. The Labute approximate surface area is 135 Å². The van der Waals surface area contributed by atoms with Gasteiger partial charge < -0.3 is 14.6 Å². The number of nitrogens with one attached hydrogen (secondary N) is 1. The van der Waals surface area contributed by atoms with Crippen LogP contribution in [0, 0.1) is 18.3 Å². The first-order chi connectivity index (χ1) is 11.2. The topological polar surface area (TPSA) is 63.4 Å². The van der Waals surface area contributed by atoms with Crippen LogP contribution in [-0.4, -0.2) is 47.9 Å². The number of likely N-dealkylation sites (tertiary alicyclic amines) is 1. The number of fused-ring (bicyclic) bond motifs is 1. The first-order valence-electron chi connectivity index (χ1n) is 8.11. The molecule has 2 aromatic rings. The summed E-state index contributed by atoms with van der Waals surface area (Å²) < 4.78 is 11.0. The van der Waals surface area contributed by atoms with Crippen LogP contribution in [0.15, 0.2) is 35.0 Å². The summed E-state index contributed by atoms with van der Waals surface area (Å²) in [6, 6.07) is 7.96. The van der Waals surface area contributed by atoms with Crippen LogP contribution >= 0.6 is 0 Å². The van der Waals surface area contributed by atoms with Gasteiger partial charge in [0.15, 0.2) is 0 Å². The standard InChI is InChI=1S/C17H22N4O2/c1-13-6-15(20-23-13)8-21-7-14-9-22-12-17(14,11-21)10-19-16-4-2-3-5-18-16/h2-6,14H,7-12H2,1H3,(H,18,19)/t14-,17+/m1/s1. The molecule has 2 aromatic heterocycles. The van der Waals surface area contributed by atoms with Gasteiger partial charge in [-0.3, -0.25) is 4.90 Å². The molecular weight excluding hydrogens is 292 g/mol. The van der Waals surface area contributed by atoms with Crippen molar-refractivity contribution in [2.24, 2.45) is 11.3 Å². The second-order valence-electron chi connectivity index (χ2n) is 6.74. The quantitative estimate of drug-likeness (QED) is 0.910. The predicted octanol–water partition coefficient (Wildman–Crippen LogP) is 1.94. The van der Waals surface area contributed by atoms with Crippen molar-refractivity contribution in [3.63, 3.8) is 0 Å². The number of rotatable bonds is 5. The van der Waals surface area contributed by atoms with Crippen LogP contribution in [0.2, 0.25) is 0 Å². The van der Waals surface area contributed by atoms with Gasteiger partial charge in [0.1, 0.15) is 11.6 Å². The Morgan fingerprint density at radius 1 is 1.43 bits per heavy atom. The van der Waals surface area contributed by atoms with Crippen molar-refractivity contribution in [1.82, 2.24) is 15.0 Å². The van der Waals surface area contributed by atoms with E-state index in [9.17, 15) is 0 Å². The lowest BCUT2D eigenvalue weighted by Gasteiger charge is -2.27. The molecule has 0 radical (unpaired) electrons. The molecule has 0 amide bonds. The van der Waals surface area contributed by atoms with Crippen LogP contribution in [0.3, 0.4) is 0 Å². The number of aryl methyl sites for hydroxylation is 1. The van der Waals surface area contributed by atoms with Gasteiger partial charge in [-0.05, 0) is 19.1 Å². The van der Waals surface area contributed by atoms with E-state index in [0.29, 0.717) is 5.92 Å². The van der Waals surface area contributed by atoms with E-state index < -0.39 is 0 Å². The van der Waals surface area contributed by atoms with Gasteiger partial charge in [-0.2, -0.15) is 0 Å². The molecule has 2 aliphatic rings. The molecule has 6 heteroatoms. The van der Waals surface area contributed by atoms with Gasteiger partial charge >= 0.3 is 0 Å². The molecule has 2 fully saturated rings. The maximum Gasteiger partial charge on any atom is 0.133 e. The molecule has 0 bridgehead atoms. The summed E-state index contributed by atoms with van der Waals surface area (Å²) >= 11 is 0. The number of nitrogens with zero attached hydrogens (tertiary/aromatic N) is 3. The molecule has 23 heavy (non-hydrogen) atoms. The van der Waals surface area contributed by atoms with Gasteiger partial charge in [0.05, 0.1) is 18.9 Å². The van der Waals surface area contributed by atoms with Crippen molar-refractivity contribution in [3.05, 3.63) is 41.9 Å². The fraction of sp³-hybridized carbons (Fsp3) is 0.529. The Kier molecular flexibility index (Phi) is 3.79. The first-order valence-corrected chi connectivity index (χ1v) is 8.11. The third kappa shape index (κ3) is 2.96. The number of pyridine rings is 1. The van der Waals surface area contributed by atoms with Crippen molar-refractivity contribution < 1.29 is 9.26 Å². The van der Waals surface area contributed by atoms with Crippen LogP contribution in [0.1, 0.15) is 11.5 Å². The van der Waals surface area contributed by atoms with E-state index in [1.165, 1.54) is 0 Å². The van der Waals surface area contributed by atoms with E-state index in [1.54, 1.807) is 0 Å². The smallest absolute Gasteiger partial charge is 0.133 e. The van der Waals surface area contributed by atoms with Gasteiger partial charge in [0, 0.05) is 49.8 Å². The zero-order valence-corrected chi connectivity index (χ0v) is 13.4. The molecule has 2 saturated heterocycles. The van der Waals surface area contributed by atoms with Crippen molar-refractivity contribution in [3.8, 4) is 0 Å². The molecule has 2 aliphatic heterocycles. The lowest BCUT2D eigenvalue weighted by molar-refractivity contribution is 0.130. The molecule has 0 spiro atoms. The Morgan fingerprint density at radius 3 is 3.17 bits per heavy atom. The average Bonchev–Trinajstić information content (AvgIpc) is 3.21. The lowest BCUT2D eigenvalue weighted by atomic mass is 9.81. The van der Waals surface area contributed by atoms with Gasteiger partial charge in [0.25, 0.3) is 0 Å². The summed E-state index contributed by atoms with van der Waals surface area (Å²) in [4.78, 5) is 6.82. The monoisotopic (exact) mass is 314 g/mol. The fourth-order valence-corrected chi connectivity index (χ4v) is 3.77. The summed E-state index contributed by atoms with van der Waals surface area (Å²) in [6.07, 6.45) is 1.82. The van der Waals surface area contributed by atoms with Gasteiger partial charge in [-0.25, -0.2) is 4.98 Å². The van der Waals surface area contributed by atoms with Gasteiger partial charge in [0.2, 0.25) is 0 Å². The van der Waals surface area contributed by atoms with Crippen LogP contribution < -0.4 is 5.32 Å². The van der Waals surface area contributed by atoms with E-state index in [-0.39, 0.29) is 5.41 Å². The number of aromatic nitrogens is 2. The molecule has 0 aromatic carbocycles. The van der Waals surface area contributed by atoms with Crippen LogP contribution in [-0.2, 0) is 11.3 Å². The van der Waals surface area contributed by atoms with Crippen molar-refractivity contribution in [2.75, 3.05) is 38.2 Å². The predicted molar refractivity (Wildman–Crippen MR) is 86.0 cm³/mol. The largest absolute Gasteiger partial charge is 0.380 e. The van der Waals surface area contributed by atoms with E-state index in [4.69, 9.17) is 9.26 Å². The van der Waals surface area contributed by atoms with Crippen LogP contribution in [0.4, 0.5) is 5.82 Å². The van der Waals surface area contributed by atoms with Crippen LogP contribution in [0.25, 0.3) is 0 Å². The third-order valence-electron chi connectivity index (χ3n) is 4.94. The van der Waals surface area contributed by atoms with E-state index in [0.717, 1.165) is 56.7 Å². The lowest BCUT2D eigenvalue weighted by Crippen LogP contribution is -2.37. The highest BCUT2D eigenvalue weighted by molar-refractivity contribution is 5.34. The Morgan fingerprint density at radius 2 is 2.39 bits per heavy atom. The molecule has 2 atom stereocenters. The highest BCUT2D eigenvalue weighted by Gasteiger charge is 2.50. The van der Waals surface area contributed by atoms with Crippen molar-refractivity contribution in [2.45, 2.75) is 13.5 Å². The fourth-order valence-electron chi connectivity index (χ4n) is 3.77.